The number of thiazole rings is 1. The molecule has 9 heteroatoms. The summed E-state index contributed by atoms with van der Waals surface area (Å²) >= 11 is 1.37. The maximum atomic E-state index is 13.8. The van der Waals surface area contributed by atoms with Crippen molar-refractivity contribution in [3.63, 3.8) is 0 Å². The fourth-order valence-corrected chi connectivity index (χ4v) is 4.55. The first-order chi connectivity index (χ1) is 12.9. The Morgan fingerprint density at radius 1 is 1.00 bits per heavy atom. The largest absolute Gasteiger partial charge is 0.280 e. The summed E-state index contributed by atoms with van der Waals surface area (Å²) in [6.07, 6.45) is 1.67. The van der Waals surface area contributed by atoms with Crippen LogP contribution < -0.4 is 4.72 Å². The van der Waals surface area contributed by atoms with Gasteiger partial charge in [-0.2, -0.15) is 0 Å². The van der Waals surface area contributed by atoms with Crippen LogP contribution in [0.1, 0.15) is 0 Å². The molecule has 136 valence electrons. The van der Waals surface area contributed by atoms with Crippen LogP contribution >= 0.6 is 11.3 Å². The lowest BCUT2D eigenvalue weighted by atomic mass is 10.2. The number of nitrogens with one attached hydrogen (secondary N) is 1. The SMILES string of the molecule is O=S(=O)(Nc1cccc(-c2nc3cccnc3s2)c1)c1cc(F)ccc1F. The first kappa shape index (κ1) is 17.5. The van der Waals surface area contributed by atoms with E-state index in [1.807, 2.05) is 6.07 Å². The standard InChI is InChI=1S/C18H11F2N3O2S2/c19-12-6-7-14(20)16(10-12)27(24,25)23-13-4-1-3-11(9-13)17-22-15-5-2-8-21-18(15)26-17/h1-10,23H. The van der Waals surface area contributed by atoms with Crippen LogP contribution in [0.25, 0.3) is 20.9 Å². The molecule has 0 unspecified atom stereocenters. The molecule has 0 saturated carbocycles. The molecule has 5 nitrogen and oxygen atoms in total. The van der Waals surface area contributed by atoms with E-state index in [0.717, 1.165) is 22.5 Å². The number of benzene rings is 2. The summed E-state index contributed by atoms with van der Waals surface area (Å²) in [5.41, 5.74) is 1.63. The Labute approximate surface area is 157 Å². The van der Waals surface area contributed by atoms with E-state index >= 15 is 0 Å². The number of halogens is 2. The smallest absolute Gasteiger partial charge is 0.264 e. The van der Waals surface area contributed by atoms with Crippen LogP contribution in [-0.2, 0) is 10.0 Å². The van der Waals surface area contributed by atoms with Gasteiger partial charge in [-0.3, -0.25) is 4.72 Å². The Morgan fingerprint density at radius 2 is 1.85 bits per heavy atom. The second-order valence-electron chi connectivity index (χ2n) is 5.61. The molecule has 2 aromatic carbocycles. The van der Waals surface area contributed by atoms with Crippen LogP contribution in [0, 0.1) is 11.6 Å². The van der Waals surface area contributed by atoms with Gasteiger partial charge in [0.25, 0.3) is 10.0 Å². The van der Waals surface area contributed by atoms with E-state index in [0.29, 0.717) is 16.6 Å². The van der Waals surface area contributed by atoms with Gasteiger partial charge < -0.3 is 0 Å². The Hall–Kier alpha value is -2.91. The van der Waals surface area contributed by atoms with Gasteiger partial charge in [0, 0.05) is 17.4 Å². The molecule has 27 heavy (non-hydrogen) atoms. The number of pyridine rings is 1. The monoisotopic (exact) mass is 403 g/mol. The number of sulfonamides is 1. The van der Waals surface area contributed by atoms with Crippen molar-refractivity contribution in [1.82, 2.24) is 9.97 Å². The minimum absolute atomic E-state index is 0.211. The van der Waals surface area contributed by atoms with Crippen molar-refractivity contribution in [3.8, 4) is 10.6 Å². The molecule has 0 fully saturated rings. The highest BCUT2D eigenvalue weighted by atomic mass is 32.2. The minimum Gasteiger partial charge on any atom is -0.280 e. The van der Waals surface area contributed by atoms with Crippen molar-refractivity contribution in [2.75, 3.05) is 4.72 Å². The number of hydrogen-bond donors (Lipinski definition) is 1. The maximum absolute atomic E-state index is 13.8. The van der Waals surface area contributed by atoms with E-state index in [1.165, 1.54) is 17.4 Å². The van der Waals surface area contributed by atoms with Gasteiger partial charge in [0.2, 0.25) is 0 Å². The maximum Gasteiger partial charge on any atom is 0.264 e. The van der Waals surface area contributed by atoms with Crippen LogP contribution in [0.3, 0.4) is 0 Å². The molecule has 2 heterocycles. The number of rotatable bonds is 4. The Bertz CT molecular complexity index is 1220. The fraction of sp³-hybridized carbons (Fsp3) is 0. The van der Waals surface area contributed by atoms with Gasteiger partial charge in [-0.05, 0) is 42.5 Å². The van der Waals surface area contributed by atoms with Crippen molar-refractivity contribution in [3.05, 3.63) is 72.4 Å². The zero-order valence-electron chi connectivity index (χ0n) is 13.6. The summed E-state index contributed by atoms with van der Waals surface area (Å²) in [7, 11) is -4.28. The van der Waals surface area contributed by atoms with Gasteiger partial charge >= 0.3 is 0 Å². The Morgan fingerprint density at radius 3 is 2.67 bits per heavy atom. The van der Waals surface area contributed by atoms with Crippen LogP contribution in [0.15, 0.2) is 65.7 Å². The highest BCUT2D eigenvalue weighted by molar-refractivity contribution is 7.92. The second-order valence-corrected chi connectivity index (χ2v) is 8.24. The average Bonchev–Trinajstić information content (AvgIpc) is 3.08. The van der Waals surface area contributed by atoms with Gasteiger partial charge in [0.15, 0.2) is 0 Å². The lowest BCUT2D eigenvalue weighted by Gasteiger charge is -2.10. The molecule has 0 bridgehead atoms. The van der Waals surface area contributed by atoms with Crippen molar-refractivity contribution in [1.29, 1.82) is 0 Å². The molecule has 2 aromatic heterocycles. The number of anilines is 1. The molecule has 0 aliphatic rings. The van der Waals surface area contributed by atoms with E-state index < -0.39 is 26.6 Å². The van der Waals surface area contributed by atoms with E-state index in [9.17, 15) is 17.2 Å². The van der Waals surface area contributed by atoms with Crippen LogP contribution in [-0.4, -0.2) is 18.4 Å². The molecule has 4 rings (SSSR count). The summed E-state index contributed by atoms with van der Waals surface area (Å²) in [6.45, 7) is 0. The molecule has 0 atom stereocenters. The van der Waals surface area contributed by atoms with E-state index in [-0.39, 0.29) is 5.69 Å². The first-order valence-electron chi connectivity index (χ1n) is 7.72. The molecule has 0 aliphatic heterocycles. The lowest BCUT2D eigenvalue weighted by molar-refractivity contribution is 0.555. The number of fused-ring (bicyclic) bond motifs is 1. The van der Waals surface area contributed by atoms with Gasteiger partial charge in [-0.25, -0.2) is 27.2 Å². The zero-order chi connectivity index (χ0) is 19.0. The number of hydrogen-bond acceptors (Lipinski definition) is 5. The van der Waals surface area contributed by atoms with Crippen molar-refractivity contribution >= 4 is 37.4 Å². The predicted molar refractivity (Wildman–Crippen MR) is 100 cm³/mol. The normalized spacial score (nSPS) is 11.6. The zero-order valence-corrected chi connectivity index (χ0v) is 15.2. The molecule has 0 amide bonds. The molecule has 4 aromatic rings. The highest BCUT2D eigenvalue weighted by Gasteiger charge is 2.20. The van der Waals surface area contributed by atoms with E-state index in [4.69, 9.17) is 0 Å². The topological polar surface area (TPSA) is 72.0 Å². The van der Waals surface area contributed by atoms with Crippen molar-refractivity contribution in [2.45, 2.75) is 4.90 Å². The molecule has 0 aliphatic carbocycles. The summed E-state index contributed by atoms with van der Waals surface area (Å²) in [6, 6.07) is 12.4. The van der Waals surface area contributed by atoms with Crippen LogP contribution in [0.5, 0.6) is 0 Å². The third-order valence-electron chi connectivity index (χ3n) is 3.71. The summed E-state index contributed by atoms with van der Waals surface area (Å²) in [5.74, 6) is -1.87. The molecule has 0 radical (unpaired) electrons. The Kier molecular flexibility index (Phi) is 4.33. The third-order valence-corrected chi connectivity index (χ3v) is 6.14. The average molecular weight is 403 g/mol. The predicted octanol–water partition coefficient (Wildman–Crippen LogP) is 4.44. The summed E-state index contributed by atoms with van der Waals surface area (Å²) < 4.78 is 54.3. The Balaban J connectivity index is 1.69. The summed E-state index contributed by atoms with van der Waals surface area (Å²) in [5, 5.41) is 0.668. The molecule has 1 N–H and O–H groups in total. The summed E-state index contributed by atoms with van der Waals surface area (Å²) in [4.78, 5) is 8.72. The second kappa shape index (κ2) is 6.67. The van der Waals surface area contributed by atoms with Gasteiger partial charge in [0.1, 0.15) is 31.9 Å². The third kappa shape index (κ3) is 3.51. The molecule has 0 saturated heterocycles. The highest BCUT2D eigenvalue weighted by Crippen LogP contribution is 2.30. The number of nitrogens with zero attached hydrogens (tertiary/aromatic N) is 2. The first-order valence-corrected chi connectivity index (χ1v) is 10.0. The van der Waals surface area contributed by atoms with E-state index in [2.05, 4.69) is 14.7 Å². The van der Waals surface area contributed by atoms with Gasteiger partial charge in [-0.15, -0.1) is 0 Å². The fourth-order valence-electron chi connectivity index (χ4n) is 2.50. The molecular weight excluding hydrogens is 392 g/mol. The molecular formula is C18H11F2N3O2S2. The van der Waals surface area contributed by atoms with Gasteiger partial charge in [-0.1, -0.05) is 23.5 Å². The van der Waals surface area contributed by atoms with Crippen LogP contribution in [0.4, 0.5) is 14.5 Å². The van der Waals surface area contributed by atoms with Crippen molar-refractivity contribution < 1.29 is 17.2 Å². The van der Waals surface area contributed by atoms with Crippen LogP contribution in [0.2, 0.25) is 0 Å². The van der Waals surface area contributed by atoms with Gasteiger partial charge in [0.05, 0.1) is 0 Å². The lowest BCUT2D eigenvalue weighted by Crippen LogP contribution is -2.15. The van der Waals surface area contributed by atoms with E-state index in [1.54, 1.807) is 30.5 Å². The number of aromatic nitrogens is 2. The molecule has 0 spiro atoms. The quantitative estimate of drug-likeness (QED) is 0.547. The minimum atomic E-state index is -4.28. The van der Waals surface area contributed by atoms with Crippen molar-refractivity contribution in [2.24, 2.45) is 0 Å².